The topological polar surface area (TPSA) is 124 Å². The fraction of sp³-hybridized carbons (Fsp3) is 0.725. The fourth-order valence-corrected chi connectivity index (χ4v) is 7.13. The van der Waals surface area contributed by atoms with Crippen molar-refractivity contribution in [2.75, 3.05) is 47.5 Å². The largest absolute Gasteiger partial charge is 0.756 e. The zero-order valence-electron chi connectivity index (χ0n) is 39.7. The average Bonchev–Trinajstić information content (AvgIpc) is 3.98. The molecule has 62 heavy (non-hydrogen) atoms. The van der Waals surface area contributed by atoms with Gasteiger partial charge in [-0.25, -0.2) is 0 Å². The molecule has 0 aromatic heterocycles. The van der Waals surface area contributed by atoms with Crippen LogP contribution < -0.4 is 4.89 Å². The first kappa shape index (κ1) is 57.4. The van der Waals surface area contributed by atoms with E-state index in [0.717, 1.165) is 77.0 Å². The predicted molar refractivity (Wildman–Crippen MR) is 254 cm³/mol. The maximum Gasteiger partial charge on any atom is 0.306 e. The SMILES string of the molecule is CCCCC/C=C\C/C=C\CC1OC1C/C=C\CCCC(=O)O[C@H](COC(=O)CCCCCCCC/C=C\C/C=C\C/C=C\CCCCCC)COP(=O)([O-])OCC[N+](C)(C)C. The molecule has 1 saturated heterocycles. The van der Waals surface area contributed by atoms with Crippen molar-refractivity contribution < 1.29 is 46.8 Å². The Morgan fingerprint density at radius 1 is 0.581 bits per heavy atom. The van der Waals surface area contributed by atoms with Crippen molar-refractivity contribution in [3.8, 4) is 0 Å². The van der Waals surface area contributed by atoms with E-state index in [4.69, 9.17) is 23.3 Å². The molecule has 0 spiro atoms. The minimum absolute atomic E-state index is 0.0500. The molecule has 0 aromatic carbocycles. The van der Waals surface area contributed by atoms with Crippen molar-refractivity contribution in [3.63, 3.8) is 0 Å². The summed E-state index contributed by atoms with van der Waals surface area (Å²) >= 11 is 0. The molecule has 11 heteroatoms. The van der Waals surface area contributed by atoms with Gasteiger partial charge in [-0.3, -0.25) is 14.2 Å². The van der Waals surface area contributed by atoms with Crippen LogP contribution in [0, 0.1) is 0 Å². The van der Waals surface area contributed by atoms with E-state index < -0.39 is 32.5 Å². The van der Waals surface area contributed by atoms with Gasteiger partial charge in [0.25, 0.3) is 7.82 Å². The number of carbonyl (C=O) groups is 2. The van der Waals surface area contributed by atoms with Gasteiger partial charge in [-0.15, -0.1) is 0 Å². The number of epoxide rings is 1. The molecule has 0 N–H and O–H groups in total. The number of phosphoric acid groups is 1. The molecule has 1 aliphatic heterocycles. The predicted octanol–water partition coefficient (Wildman–Crippen LogP) is 12.5. The number of ether oxygens (including phenoxy) is 3. The Labute approximate surface area is 378 Å². The van der Waals surface area contributed by atoms with Gasteiger partial charge in [0.15, 0.2) is 6.10 Å². The molecular weight excluding hydrogens is 802 g/mol. The second-order valence-electron chi connectivity index (χ2n) is 17.5. The lowest BCUT2D eigenvalue weighted by atomic mass is 10.1. The number of unbranched alkanes of at least 4 members (excludes halogenated alkanes) is 14. The molecule has 0 aromatic rings. The van der Waals surface area contributed by atoms with Gasteiger partial charge in [0.05, 0.1) is 40.0 Å². The number of esters is 2. The van der Waals surface area contributed by atoms with Crippen molar-refractivity contribution in [2.24, 2.45) is 0 Å². The zero-order valence-corrected chi connectivity index (χ0v) is 40.6. The smallest absolute Gasteiger partial charge is 0.306 e. The number of nitrogens with zero attached hydrogens (tertiary/aromatic N) is 1. The molecule has 0 radical (unpaired) electrons. The van der Waals surface area contributed by atoms with Crippen LogP contribution in [0.3, 0.4) is 0 Å². The second kappa shape index (κ2) is 38.8. The molecule has 1 aliphatic rings. The third-order valence-corrected chi connectivity index (χ3v) is 11.3. The van der Waals surface area contributed by atoms with Gasteiger partial charge in [0.2, 0.25) is 0 Å². The monoisotopic (exact) mass is 890 g/mol. The Morgan fingerprint density at radius 2 is 1.03 bits per heavy atom. The van der Waals surface area contributed by atoms with Gasteiger partial charge in [-0.2, -0.15) is 0 Å². The minimum Gasteiger partial charge on any atom is -0.756 e. The highest BCUT2D eigenvalue weighted by atomic mass is 31.2. The normalized spacial score (nSPS) is 17.4. The van der Waals surface area contributed by atoms with Crippen LogP contribution in [0.15, 0.2) is 72.9 Å². The van der Waals surface area contributed by atoms with Crippen LogP contribution in [0.1, 0.15) is 174 Å². The van der Waals surface area contributed by atoms with Crippen molar-refractivity contribution in [1.82, 2.24) is 0 Å². The van der Waals surface area contributed by atoms with Crippen LogP contribution in [0.25, 0.3) is 0 Å². The summed E-state index contributed by atoms with van der Waals surface area (Å²) in [5.41, 5.74) is 0. The number of phosphoric ester groups is 1. The second-order valence-corrected chi connectivity index (χ2v) is 18.9. The average molecular weight is 890 g/mol. The summed E-state index contributed by atoms with van der Waals surface area (Å²) in [4.78, 5) is 37.7. The minimum atomic E-state index is -4.66. The first-order valence-electron chi connectivity index (χ1n) is 24.3. The van der Waals surface area contributed by atoms with Gasteiger partial charge >= 0.3 is 11.9 Å². The Balaban J connectivity index is 2.31. The van der Waals surface area contributed by atoms with Crippen molar-refractivity contribution >= 4 is 19.8 Å². The van der Waals surface area contributed by atoms with Crippen molar-refractivity contribution in [2.45, 2.75) is 193 Å². The number of hydrogen-bond acceptors (Lipinski definition) is 9. The number of hydrogen-bond donors (Lipinski definition) is 0. The summed E-state index contributed by atoms with van der Waals surface area (Å²) in [5.74, 6) is -0.927. The van der Waals surface area contributed by atoms with E-state index >= 15 is 0 Å². The molecule has 0 amide bonds. The van der Waals surface area contributed by atoms with Crippen LogP contribution >= 0.6 is 7.82 Å². The molecule has 1 rings (SSSR count). The number of rotatable bonds is 42. The van der Waals surface area contributed by atoms with Crippen LogP contribution in [0.5, 0.6) is 0 Å². The number of allylic oxidation sites excluding steroid dienone is 10. The van der Waals surface area contributed by atoms with E-state index in [1.54, 1.807) is 0 Å². The standard InChI is InChI=1S/C51H88NO9P/c1-6-8-10-12-14-16-17-18-19-20-21-22-23-24-25-26-28-30-32-37-41-50(53)57-45-47(46-59-62(55,56)58-44-43-52(3,4)5)60-51(54)42-38-34-33-36-40-49-48(61-49)39-35-31-29-27-15-13-11-9-7-2/h15-17,19-20,22-23,27,31,33,35-36,47-49H,6-14,18,21,24-26,28-30,32,34,37-46H2,1-5H3/b17-16-,20-19-,23-22-,27-15-,35-31-,36-33-/t47-,48?,49?/m1/s1. The van der Waals surface area contributed by atoms with E-state index in [9.17, 15) is 19.0 Å². The fourth-order valence-electron chi connectivity index (χ4n) is 6.40. The third kappa shape index (κ3) is 39.0. The van der Waals surface area contributed by atoms with E-state index in [2.05, 4.69) is 80.7 Å². The molecule has 0 aliphatic carbocycles. The number of carbonyl (C=O) groups excluding carboxylic acids is 2. The van der Waals surface area contributed by atoms with E-state index in [1.807, 2.05) is 27.2 Å². The van der Waals surface area contributed by atoms with Crippen molar-refractivity contribution in [1.29, 1.82) is 0 Å². The Kier molecular flexibility index (Phi) is 36.0. The quantitative estimate of drug-likeness (QED) is 0.0147. The lowest BCUT2D eigenvalue weighted by molar-refractivity contribution is -0.870. The van der Waals surface area contributed by atoms with Gasteiger partial charge < -0.3 is 32.6 Å². The van der Waals surface area contributed by atoms with Crippen LogP contribution in [-0.2, 0) is 37.4 Å². The molecule has 1 fully saturated rings. The van der Waals surface area contributed by atoms with E-state index in [-0.39, 0.29) is 38.3 Å². The van der Waals surface area contributed by atoms with Crippen molar-refractivity contribution in [3.05, 3.63) is 72.9 Å². The molecule has 3 unspecified atom stereocenters. The highest BCUT2D eigenvalue weighted by molar-refractivity contribution is 7.45. The first-order chi connectivity index (χ1) is 30.0. The summed E-state index contributed by atoms with van der Waals surface area (Å²) in [6.07, 6.45) is 51.0. The van der Waals surface area contributed by atoms with Crippen LogP contribution in [0.2, 0.25) is 0 Å². The molecule has 4 atom stereocenters. The molecule has 0 bridgehead atoms. The molecule has 356 valence electrons. The molecule has 1 heterocycles. The highest BCUT2D eigenvalue weighted by Crippen LogP contribution is 2.38. The maximum absolute atomic E-state index is 12.7. The number of quaternary nitrogens is 1. The first-order valence-corrected chi connectivity index (χ1v) is 25.7. The molecule has 10 nitrogen and oxygen atoms in total. The summed E-state index contributed by atoms with van der Waals surface area (Å²) in [6, 6.07) is 0. The summed E-state index contributed by atoms with van der Waals surface area (Å²) in [5, 5.41) is 0. The lowest BCUT2D eigenvalue weighted by Gasteiger charge is -2.28. The maximum atomic E-state index is 12.7. The Morgan fingerprint density at radius 3 is 1.63 bits per heavy atom. The number of likely N-dealkylation sites (N-methyl/N-ethyl adjacent to an activating group) is 1. The highest BCUT2D eigenvalue weighted by Gasteiger charge is 2.36. The Bertz CT molecular complexity index is 1350. The van der Waals surface area contributed by atoms with E-state index in [0.29, 0.717) is 30.3 Å². The summed E-state index contributed by atoms with van der Waals surface area (Å²) in [7, 11) is 1.10. The van der Waals surface area contributed by atoms with Crippen LogP contribution in [-0.4, -0.2) is 82.2 Å². The van der Waals surface area contributed by atoms with E-state index in [1.165, 1.54) is 51.4 Å². The lowest BCUT2D eigenvalue weighted by Crippen LogP contribution is -2.37. The molecule has 0 saturated carbocycles. The Hall–Kier alpha value is -2.59. The van der Waals surface area contributed by atoms with Gasteiger partial charge in [-0.1, -0.05) is 145 Å². The molecular formula is C51H88NO9P. The van der Waals surface area contributed by atoms with Crippen LogP contribution in [0.4, 0.5) is 0 Å². The van der Waals surface area contributed by atoms with Gasteiger partial charge in [0.1, 0.15) is 19.8 Å². The summed E-state index contributed by atoms with van der Waals surface area (Å²) in [6.45, 7) is 4.07. The summed E-state index contributed by atoms with van der Waals surface area (Å²) < 4.78 is 39.7. The zero-order chi connectivity index (χ0) is 45.4. The van der Waals surface area contributed by atoms with Gasteiger partial charge in [-0.05, 0) is 89.9 Å². The third-order valence-electron chi connectivity index (χ3n) is 10.4. The van der Waals surface area contributed by atoms with Gasteiger partial charge in [0, 0.05) is 12.8 Å².